The molecule has 1 heterocycles. The number of aliphatic imine (C=N–C) groups is 1. The Kier molecular flexibility index (Phi) is 4.61. The molecule has 0 radical (unpaired) electrons. The molecule has 0 saturated heterocycles. The second kappa shape index (κ2) is 5.75. The van der Waals surface area contributed by atoms with Crippen molar-refractivity contribution in [2.24, 2.45) is 4.99 Å². The highest BCUT2D eigenvalue weighted by Crippen LogP contribution is 2.08. The van der Waals surface area contributed by atoms with Gasteiger partial charge in [0.05, 0.1) is 6.20 Å². The Hall–Kier alpha value is -1.04. The van der Waals surface area contributed by atoms with Gasteiger partial charge in [0.15, 0.2) is 0 Å². The molecule has 1 aliphatic heterocycles. The molecule has 0 atom stereocenters. The Morgan fingerprint density at radius 3 is 2.87 bits per heavy atom. The predicted octanol–water partition coefficient (Wildman–Crippen LogP) is 0.847. The third kappa shape index (κ3) is 3.91. The Morgan fingerprint density at radius 2 is 2.33 bits per heavy atom. The minimum absolute atomic E-state index is 0.362. The van der Waals surface area contributed by atoms with Crippen molar-refractivity contribution in [2.75, 3.05) is 12.8 Å². The minimum atomic E-state index is 0.362. The van der Waals surface area contributed by atoms with Gasteiger partial charge in [0.1, 0.15) is 5.82 Å². The monoisotopic (exact) mass is 229 g/mol. The van der Waals surface area contributed by atoms with E-state index < -0.39 is 0 Å². The van der Waals surface area contributed by atoms with Crippen LogP contribution in [0.1, 0.15) is 20.8 Å². The van der Waals surface area contributed by atoms with Crippen molar-refractivity contribution in [3.05, 3.63) is 12.0 Å². The van der Waals surface area contributed by atoms with E-state index >= 15 is 0 Å². The largest absolute Gasteiger partial charge is 0.369 e. The average molecular weight is 229 g/mol. The summed E-state index contributed by atoms with van der Waals surface area (Å²) in [5.41, 5.74) is 3.14. The van der Waals surface area contributed by atoms with Crippen molar-refractivity contribution in [1.29, 1.82) is 0 Å². The maximum Gasteiger partial charge on any atom is 0.218 e. The highest BCUT2D eigenvalue weighted by molar-refractivity contribution is 7.96. The molecular formula is C9H19N5S. The number of hydrazine groups is 1. The van der Waals surface area contributed by atoms with Crippen molar-refractivity contribution >= 4 is 17.9 Å². The lowest BCUT2D eigenvalue weighted by molar-refractivity contribution is 0.518. The van der Waals surface area contributed by atoms with Crippen LogP contribution in [0.25, 0.3) is 0 Å². The summed E-state index contributed by atoms with van der Waals surface area (Å²) < 4.78 is 1.91. The van der Waals surface area contributed by atoms with E-state index in [2.05, 4.69) is 41.8 Å². The van der Waals surface area contributed by atoms with Gasteiger partial charge < -0.3 is 10.6 Å². The van der Waals surface area contributed by atoms with E-state index in [1.54, 1.807) is 11.9 Å². The van der Waals surface area contributed by atoms with Crippen molar-refractivity contribution in [2.45, 2.75) is 26.8 Å². The molecule has 5 nitrogen and oxygen atoms in total. The fraction of sp³-hybridized carbons (Fsp3) is 0.667. The Balaban J connectivity index is 2.67. The number of hydrogen-bond donors (Lipinski definition) is 3. The minimum Gasteiger partial charge on any atom is -0.369 e. The van der Waals surface area contributed by atoms with E-state index in [1.165, 1.54) is 0 Å². The highest BCUT2D eigenvalue weighted by Gasteiger charge is 2.12. The van der Waals surface area contributed by atoms with Gasteiger partial charge in [0, 0.05) is 18.8 Å². The van der Waals surface area contributed by atoms with Crippen LogP contribution in [0, 0.1) is 0 Å². The molecule has 0 amide bonds. The number of guanidine groups is 1. The molecule has 6 heteroatoms. The first kappa shape index (κ1) is 12.0. The number of nitrogens with one attached hydrogen (secondary N) is 3. The molecule has 3 N–H and O–H groups in total. The molecule has 1 rings (SSSR count). The van der Waals surface area contributed by atoms with Crippen molar-refractivity contribution in [3.8, 4) is 0 Å². The van der Waals surface area contributed by atoms with Crippen LogP contribution in [0.15, 0.2) is 17.0 Å². The Morgan fingerprint density at radius 1 is 1.60 bits per heavy atom. The first-order valence-electron chi connectivity index (χ1n) is 5.06. The molecule has 86 valence electrons. The molecule has 0 spiro atoms. The van der Waals surface area contributed by atoms with Gasteiger partial charge in [-0.25, -0.2) is 4.41 Å². The van der Waals surface area contributed by atoms with E-state index in [9.17, 15) is 0 Å². The van der Waals surface area contributed by atoms with Crippen molar-refractivity contribution in [1.82, 2.24) is 20.5 Å². The highest BCUT2D eigenvalue weighted by atomic mass is 32.2. The molecule has 0 aromatic heterocycles. The average Bonchev–Trinajstić information content (AvgIpc) is 2.16. The fourth-order valence-electron chi connectivity index (χ4n) is 1.12. The lowest BCUT2D eigenvalue weighted by atomic mass is 10.4. The van der Waals surface area contributed by atoms with Gasteiger partial charge in [-0.1, -0.05) is 0 Å². The number of hydrogen-bond acceptors (Lipinski definition) is 6. The van der Waals surface area contributed by atoms with Gasteiger partial charge in [-0.2, -0.15) is 4.99 Å². The summed E-state index contributed by atoms with van der Waals surface area (Å²) in [5.74, 6) is 1.64. The second-order valence-electron chi connectivity index (χ2n) is 3.42. The van der Waals surface area contributed by atoms with Gasteiger partial charge in [-0.3, -0.25) is 5.43 Å². The van der Waals surface area contributed by atoms with E-state index in [1.807, 2.05) is 16.9 Å². The van der Waals surface area contributed by atoms with Crippen LogP contribution in [0.3, 0.4) is 0 Å². The summed E-state index contributed by atoms with van der Waals surface area (Å²) in [7, 11) is 0. The lowest BCUT2D eigenvalue weighted by Crippen LogP contribution is -2.48. The topological polar surface area (TPSA) is 51.7 Å². The van der Waals surface area contributed by atoms with Crippen LogP contribution in [0.2, 0.25) is 0 Å². The summed E-state index contributed by atoms with van der Waals surface area (Å²) in [6.45, 7) is 7.08. The Bertz CT molecular complexity index is 261. The molecule has 0 saturated carbocycles. The van der Waals surface area contributed by atoms with Gasteiger partial charge >= 0.3 is 0 Å². The van der Waals surface area contributed by atoms with Gasteiger partial charge in [0.25, 0.3) is 0 Å². The van der Waals surface area contributed by atoms with Crippen LogP contribution in [-0.2, 0) is 0 Å². The summed E-state index contributed by atoms with van der Waals surface area (Å²) >= 11 is 1.59. The fourth-order valence-corrected chi connectivity index (χ4v) is 1.51. The van der Waals surface area contributed by atoms with Crippen molar-refractivity contribution < 1.29 is 0 Å². The zero-order chi connectivity index (χ0) is 11.3. The number of nitrogens with zero attached hydrogens (tertiary/aromatic N) is 2. The van der Waals surface area contributed by atoms with Crippen LogP contribution < -0.4 is 16.1 Å². The second-order valence-corrected chi connectivity index (χ2v) is 4.18. The lowest BCUT2D eigenvalue weighted by Gasteiger charge is -2.27. The smallest absolute Gasteiger partial charge is 0.218 e. The molecule has 0 bridgehead atoms. The number of rotatable bonds is 4. The summed E-state index contributed by atoms with van der Waals surface area (Å²) in [6, 6.07) is 0.362. The Labute approximate surface area is 95.5 Å². The summed E-state index contributed by atoms with van der Waals surface area (Å²) in [6.07, 6.45) is 3.94. The molecule has 0 fully saturated rings. The van der Waals surface area contributed by atoms with Crippen LogP contribution in [0.4, 0.5) is 0 Å². The van der Waals surface area contributed by atoms with Gasteiger partial charge in [0.2, 0.25) is 5.96 Å². The summed E-state index contributed by atoms with van der Waals surface area (Å²) in [4.78, 5) is 4.40. The van der Waals surface area contributed by atoms with Crippen LogP contribution in [-0.4, -0.2) is 29.2 Å². The molecule has 0 aromatic rings. The molecule has 15 heavy (non-hydrogen) atoms. The van der Waals surface area contributed by atoms with E-state index in [0.717, 1.165) is 18.3 Å². The predicted molar refractivity (Wildman–Crippen MR) is 66.0 cm³/mol. The molecule has 0 aliphatic carbocycles. The standard InChI is InChI=1S/C9H19N5S/c1-5-10-8-6-14(15-4)13-9(12-8)11-7(2)3/h6-7,10H,5H2,1-4H3,(H2,11,12,13). The van der Waals surface area contributed by atoms with E-state index in [-0.39, 0.29) is 0 Å². The zero-order valence-electron chi connectivity index (χ0n) is 9.66. The third-order valence-corrected chi connectivity index (χ3v) is 2.26. The molecular weight excluding hydrogens is 210 g/mol. The molecule has 0 unspecified atom stereocenters. The molecule has 1 aliphatic rings. The van der Waals surface area contributed by atoms with Crippen molar-refractivity contribution in [3.63, 3.8) is 0 Å². The maximum atomic E-state index is 4.40. The first-order valence-corrected chi connectivity index (χ1v) is 6.24. The SMILES string of the molecule is CCNC1=CN(SC)NC(NC(C)C)=N1. The quantitative estimate of drug-likeness (QED) is 0.624. The van der Waals surface area contributed by atoms with E-state index in [0.29, 0.717) is 6.04 Å². The van der Waals surface area contributed by atoms with E-state index in [4.69, 9.17) is 0 Å². The normalized spacial score (nSPS) is 15.7. The van der Waals surface area contributed by atoms with Gasteiger partial charge in [-0.05, 0) is 32.7 Å². The summed E-state index contributed by atoms with van der Waals surface area (Å²) in [5, 5.41) is 6.43. The molecule has 0 aromatic carbocycles. The first-order chi connectivity index (χ1) is 7.15. The third-order valence-electron chi connectivity index (χ3n) is 1.67. The van der Waals surface area contributed by atoms with Crippen LogP contribution >= 0.6 is 11.9 Å². The van der Waals surface area contributed by atoms with Crippen LogP contribution in [0.5, 0.6) is 0 Å². The maximum absolute atomic E-state index is 4.40. The van der Waals surface area contributed by atoms with Gasteiger partial charge in [-0.15, -0.1) is 0 Å². The zero-order valence-corrected chi connectivity index (χ0v) is 10.5.